The smallest absolute Gasteiger partial charge is 0.0452 e. The first-order valence-electron chi connectivity index (χ1n) is 4.79. The summed E-state index contributed by atoms with van der Waals surface area (Å²) in [7, 11) is 0. The fourth-order valence-electron chi connectivity index (χ4n) is 1.34. The Kier molecular flexibility index (Phi) is 5.95. The number of hydrogen-bond donors (Lipinski definition) is 0. The second-order valence-corrected chi connectivity index (χ2v) is 5.56. The zero-order chi connectivity index (χ0) is 11.3. The first-order valence-corrected chi connectivity index (χ1v) is 7.08. The fourth-order valence-corrected chi connectivity index (χ4v) is 2.31. The maximum Gasteiger partial charge on any atom is 0.0452 e. The minimum Gasteiger partial charge on any atom is -0.0925 e. The van der Waals surface area contributed by atoms with Gasteiger partial charge >= 0.3 is 0 Å². The van der Waals surface area contributed by atoms with Gasteiger partial charge in [0.15, 0.2) is 0 Å². The molecule has 1 rings (SSSR count). The van der Waals surface area contributed by atoms with Gasteiger partial charge in [-0.25, -0.2) is 0 Å². The normalized spacial score (nSPS) is 11.9. The molecule has 3 heteroatoms. The summed E-state index contributed by atoms with van der Waals surface area (Å²) in [4.78, 5) is 0. The molecule has 82 valence electrons. The highest BCUT2D eigenvalue weighted by Gasteiger charge is 2.01. The van der Waals surface area contributed by atoms with Gasteiger partial charge in [0.25, 0.3) is 0 Å². The van der Waals surface area contributed by atoms with E-state index in [1.807, 2.05) is 12.1 Å². The molecule has 0 aliphatic rings. The predicted molar refractivity (Wildman–Crippen MR) is 75.0 cm³/mol. The lowest BCUT2D eigenvalue weighted by atomic mass is 10.1. The van der Waals surface area contributed by atoms with Crippen molar-refractivity contribution in [2.45, 2.75) is 19.8 Å². The van der Waals surface area contributed by atoms with Crippen molar-refractivity contribution in [3.05, 3.63) is 44.9 Å². The Labute approximate surface area is 113 Å². The molecule has 0 N–H and O–H groups in total. The number of allylic oxidation sites excluding steroid dienone is 2. The Morgan fingerprint density at radius 1 is 1.47 bits per heavy atom. The molecule has 0 nitrogen and oxygen atoms in total. The van der Waals surface area contributed by atoms with Gasteiger partial charge in [-0.2, -0.15) is 0 Å². The molecule has 0 saturated heterocycles. The number of rotatable bonds is 4. The minimum absolute atomic E-state index is 0.830. The van der Waals surface area contributed by atoms with Gasteiger partial charge in [0.2, 0.25) is 0 Å². The standard InChI is InChI=1S/C12H13Br2Cl/c1-9(3-2-6-13)7-10-4-5-11(14)8-12(10)15/h3-5,8H,2,6-7H2,1H3/b9-3-. The van der Waals surface area contributed by atoms with E-state index in [9.17, 15) is 0 Å². The average molecular weight is 352 g/mol. The van der Waals surface area contributed by atoms with Crippen LogP contribution in [0.25, 0.3) is 0 Å². The second-order valence-electron chi connectivity index (χ2n) is 3.44. The Bertz CT molecular complexity index is 359. The summed E-state index contributed by atoms with van der Waals surface area (Å²) < 4.78 is 1.03. The molecule has 0 amide bonds. The highest BCUT2D eigenvalue weighted by atomic mass is 79.9. The zero-order valence-corrected chi connectivity index (χ0v) is 12.5. The summed E-state index contributed by atoms with van der Waals surface area (Å²) in [6.45, 7) is 2.14. The van der Waals surface area contributed by atoms with Crippen LogP contribution >= 0.6 is 43.5 Å². The van der Waals surface area contributed by atoms with E-state index >= 15 is 0 Å². The molecule has 0 saturated carbocycles. The molecule has 15 heavy (non-hydrogen) atoms. The number of hydrogen-bond acceptors (Lipinski definition) is 0. The van der Waals surface area contributed by atoms with E-state index in [1.165, 1.54) is 11.1 Å². The van der Waals surface area contributed by atoms with Gasteiger partial charge in [0, 0.05) is 14.8 Å². The number of alkyl halides is 1. The van der Waals surface area contributed by atoms with Crippen LogP contribution in [-0.2, 0) is 6.42 Å². The number of benzene rings is 1. The van der Waals surface area contributed by atoms with Crippen molar-refractivity contribution in [2.75, 3.05) is 5.33 Å². The van der Waals surface area contributed by atoms with Crippen LogP contribution in [0.2, 0.25) is 5.02 Å². The van der Waals surface area contributed by atoms with Gasteiger partial charge in [0.05, 0.1) is 0 Å². The van der Waals surface area contributed by atoms with Crippen LogP contribution in [0, 0.1) is 0 Å². The minimum atomic E-state index is 0.830. The van der Waals surface area contributed by atoms with E-state index in [-0.39, 0.29) is 0 Å². The molecular weight excluding hydrogens is 339 g/mol. The van der Waals surface area contributed by atoms with E-state index in [1.54, 1.807) is 0 Å². The molecule has 0 atom stereocenters. The SMILES string of the molecule is C/C(=C/CCBr)Cc1ccc(Br)cc1Cl. The fraction of sp³-hybridized carbons (Fsp3) is 0.333. The molecule has 0 aliphatic carbocycles. The van der Waals surface area contributed by atoms with Gasteiger partial charge in [-0.3, -0.25) is 0 Å². The van der Waals surface area contributed by atoms with Crippen LogP contribution in [0.1, 0.15) is 18.9 Å². The molecule has 0 bridgehead atoms. The van der Waals surface area contributed by atoms with Crippen molar-refractivity contribution in [3.8, 4) is 0 Å². The zero-order valence-electron chi connectivity index (χ0n) is 8.56. The molecule has 0 heterocycles. The lowest BCUT2D eigenvalue weighted by Crippen LogP contribution is -1.88. The summed E-state index contributed by atoms with van der Waals surface area (Å²) >= 11 is 13.0. The summed E-state index contributed by atoms with van der Waals surface area (Å²) in [6, 6.07) is 6.03. The maximum atomic E-state index is 6.14. The molecule has 0 unspecified atom stereocenters. The molecular formula is C12H13Br2Cl. The lowest BCUT2D eigenvalue weighted by molar-refractivity contribution is 1.10. The highest BCUT2D eigenvalue weighted by molar-refractivity contribution is 9.10. The monoisotopic (exact) mass is 350 g/mol. The third kappa shape index (κ3) is 4.71. The van der Waals surface area contributed by atoms with Crippen LogP contribution in [0.5, 0.6) is 0 Å². The quantitative estimate of drug-likeness (QED) is 0.504. The van der Waals surface area contributed by atoms with E-state index in [4.69, 9.17) is 11.6 Å². The van der Waals surface area contributed by atoms with Crippen molar-refractivity contribution in [1.29, 1.82) is 0 Å². The van der Waals surface area contributed by atoms with Gasteiger partial charge in [-0.05, 0) is 37.5 Å². The number of halogens is 3. The van der Waals surface area contributed by atoms with Gasteiger partial charge in [-0.1, -0.05) is 61.2 Å². The van der Waals surface area contributed by atoms with E-state index in [2.05, 4.69) is 50.9 Å². The Hall–Kier alpha value is 0.210. The van der Waals surface area contributed by atoms with Crippen LogP contribution in [0.4, 0.5) is 0 Å². The first-order chi connectivity index (χ1) is 7.13. The van der Waals surface area contributed by atoms with E-state index in [0.29, 0.717) is 0 Å². The maximum absolute atomic E-state index is 6.14. The summed E-state index contributed by atoms with van der Waals surface area (Å²) in [5, 5.41) is 1.84. The van der Waals surface area contributed by atoms with Crippen molar-refractivity contribution in [1.82, 2.24) is 0 Å². The van der Waals surface area contributed by atoms with E-state index < -0.39 is 0 Å². The summed E-state index contributed by atoms with van der Waals surface area (Å²) in [6.07, 6.45) is 4.24. The summed E-state index contributed by atoms with van der Waals surface area (Å²) in [5.41, 5.74) is 2.54. The Morgan fingerprint density at radius 2 is 2.20 bits per heavy atom. The van der Waals surface area contributed by atoms with E-state index in [0.717, 1.165) is 27.7 Å². The van der Waals surface area contributed by atoms with Crippen molar-refractivity contribution < 1.29 is 0 Å². The van der Waals surface area contributed by atoms with Crippen LogP contribution in [0.3, 0.4) is 0 Å². The molecule has 0 aliphatic heterocycles. The molecule has 0 radical (unpaired) electrons. The third-order valence-electron chi connectivity index (χ3n) is 2.09. The third-order valence-corrected chi connectivity index (χ3v) is 3.39. The predicted octanol–water partition coefficient (Wildman–Crippen LogP) is 5.38. The molecule has 1 aromatic carbocycles. The van der Waals surface area contributed by atoms with Crippen LogP contribution in [0.15, 0.2) is 34.3 Å². The van der Waals surface area contributed by atoms with Gasteiger partial charge < -0.3 is 0 Å². The van der Waals surface area contributed by atoms with Crippen molar-refractivity contribution in [3.63, 3.8) is 0 Å². The second kappa shape index (κ2) is 6.72. The van der Waals surface area contributed by atoms with Gasteiger partial charge in [0.1, 0.15) is 0 Å². The van der Waals surface area contributed by atoms with Crippen molar-refractivity contribution in [2.24, 2.45) is 0 Å². The topological polar surface area (TPSA) is 0 Å². The Balaban J connectivity index is 2.72. The largest absolute Gasteiger partial charge is 0.0925 e. The van der Waals surface area contributed by atoms with Crippen LogP contribution in [-0.4, -0.2) is 5.33 Å². The molecule has 0 spiro atoms. The van der Waals surface area contributed by atoms with Gasteiger partial charge in [-0.15, -0.1) is 0 Å². The summed E-state index contributed by atoms with van der Waals surface area (Å²) in [5.74, 6) is 0. The van der Waals surface area contributed by atoms with Crippen molar-refractivity contribution >= 4 is 43.5 Å². The molecule has 0 fully saturated rings. The highest BCUT2D eigenvalue weighted by Crippen LogP contribution is 2.23. The lowest BCUT2D eigenvalue weighted by Gasteiger charge is -2.05. The molecule has 1 aromatic rings. The van der Waals surface area contributed by atoms with Crippen LogP contribution < -0.4 is 0 Å². The first kappa shape index (κ1) is 13.3. The molecule has 0 aromatic heterocycles. The average Bonchev–Trinajstić information content (AvgIpc) is 2.19. The Morgan fingerprint density at radius 3 is 2.80 bits per heavy atom.